The quantitative estimate of drug-likeness (QED) is 0.750. The van der Waals surface area contributed by atoms with Crippen molar-refractivity contribution in [2.75, 3.05) is 11.9 Å². The third kappa shape index (κ3) is 4.70. The van der Waals surface area contributed by atoms with Gasteiger partial charge in [-0.2, -0.15) is 5.26 Å². The Morgan fingerprint density at radius 2 is 2.11 bits per heavy atom. The Hall–Kier alpha value is -2.85. The number of nitrogens with zero attached hydrogens (tertiary/aromatic N) is 1. The lowest BCUT2D eigenvalue weighted by atomic mass is 9.89. The topological polar surface area (TPSA) is 88.4 Å². The van der Waals surface area contributed by atoms with Gasteiger partial charge in [-0.25, -0.2) is 4.79 Å². The first-order valence-electron chi connectivity index (χ1n) is 9.20. The van der Waals surface area contributed by atoms with Crippen LogP contribution in [-0.4, -0.2) is 24.6 Å². The molecule has 3 rings (SSSR count). The fourth-order valence-electron chi connectivity index (χ4n) is 3.13. The molecule has 0 bridgehead atoms. The zero-order valence-electron chi connectivity index (χ0n) is 15.9. The normalized spacial score (nSPS) is 16.4. The number of ether oxygens (including phenoxy) is 2. The van der Waals surface area contributed by atoms with Gasteiger partial charge in [0.25, 0.3) is 5.91 Å². The number of rotatable bonds is 6. The molecule has 1 heterocycles. The first-order valence-corrected chi connectivity index (χ1v) is 10.0. The summed E-state index contributed by atoms with van der Waals surface area (Å²) in [5.41, 5.74) is 1.58. The van der Waals surface area contributed by atoms with Crippen molar-refractivity contribution in [3.8, 4) is 11.8 Å². The van der Waals surface area contributed by atoms with Crippen LogP contribution in [0.15, 0.2) is 30.3 Å². The molecule has 0 unspecified atom stereocenters. The van der Waals surface area contributed by atoms with Gasteiger partial charge in [-0.1, -0.05) is 25.1 Å². The maximum absolute atomic E-state index is 12.2. The van der Waals surface area contributed by atoms with Gasteiger partial charge in [-0.15, -0.1) is 11.3 Å². The van der Waals surface area contributed by atoms with E-state index in [9.17, 15) is 14.9 Å². The number of nitrogens with one attached hydrogen (secondary N) is 1. The SMILES string of the molecule is C[C@@H]1CCc2c(sc(NC(=O)COC(=O)[C@@H](C)Oc3ccccc3)c2C#N)C1. The lowest BCUT2D eigenvalue weighted by Gasteiger charge is -2.17. The highest BCUT2D eigenvalue weighted by Crippen LogP contribution is 2.39. The van der Waals surface area contributed by atoms with Gasteiger partial charge in [0.05, 0.1) is 5.56 Å². The lowest BCUT2D eigenvalue weighted by molar-refractivity contribution is -0.153. The number of benzene rings is 1. The number of carbonyl (C=O) groups excluding carboxylic acids is 2. The van der Waals surface area contributed by atoms with Gasteiger partial charge in [-0.3, -0.25) is 4.79 Å². The Labute approximate surface area is 168 Å². The average Bonchev–Trinajstić information content (AvgIpc) is 3.02. The van der Waals surface area contributed by atoms with E-state index >= 15 is 0 Å². The van der Waals surface area contributed by atoms with E-state index in [1.165, 1.54) is 11.3 Å². The van der Waals surface area contributed by atoms with Crippen LogP contribution >= 0.6 is 11.3 Å². The summed E-state index contributed by atoms with van der Waals surface area (Å²) >= 11 is 1.44. The maximum Gasteiger partial charge on any atom is 0.347 e. The summed E-state index contributed by atoms with van der Waals surface area (Å²) < 4.78 is 10.5. The third-order valence-corrected chi connectivity index (χ3v) is 5.78. The molecule has 1 aliphatic carbocycles. The van der Waals surface area contributed by atoms with E-state index in [1.807, 2.05) is 6.07 Å². The molecule has 0 saturated heterocycles. The smallest absolute Gasteiger partial charge is 0.347 e. The number of thiophene rings is 1. The van der Waals surface area contributed by atoms with Crippen LogP contribution in [0.25, 0.3) is 0 Å². The minimum atomic E-state index is -0.833. The monoisotopic (exact) mass is 398 g/mol. The van der Waals surface area contributed by atoms with Crippen LogP contribution in [0, 0.1) is 17.2 Å². The van der Waals surface area contributed by atoms with Crippen molar-refractivity contribution < 1.29 is 19.1 Å². The minimum Gasteiger partial charge on any atom is -0.479 e. The standard InChI is InChI=1S/C21H22N2O4S/c1-13-8-9-16-17(11-22)20(28-18(16)10-13)23-19(24)12-26-21(25)14(2)27-15-6-4-3-5-7-15/h3-7,13-14H,8-10,12H2,1-2H3,(H,23,24)/t13-,14-/m1/s1. The molecule has 1 aliphatic rings. The summed E-state index contributed by atoms with van der Waals surface area (Å²) in [5.74, 6) is 0.0315. The maximum atomic E-state index is 12.2. The predicted molar refractivity (Wildman–Crippen MR) is 106 cm³/mol. The Kier molecular flexibility index (Phi) is 6.32. The summed E-state index contributed by atoms with van der Waals surface area (Å²) in [6.45, 7) is 3.33. The molecule has 1 aromatic heterocycles. The second-order valence-electron chi connectivity index (χ2n) is 6.90. The molecule has 0 spiro atoms. The fraction of sp³-hybridized carbons (Fsp3) is 0.381. The molecule has 1 amide bonds. The second-order valence-corrected chi connectivity index (χ2v) is 8.00. The van der Waals surface area contributed by atoms with Crippen LogP contribution in [0.3, 0.4) is 0 Å². The Bertz CT molecular complexity index is 901. The zero-order chi connectivity index (χ0) is 20.1. The van der Waals surface area contributed by atoms with E-state index in [0.717, 1.165) is 29.7 Å². The number of hydrogen-bond acceptors (Lipinski definition) is 6. The van der Waals surface area contributed by atoms with Crippen LogP contribution in [0.4, 0.5) is 5.00 Å². The highest BCUT2D eigenvalue weighted by Gasteiger charge is 2.25. The Morgan fingerprint density at radius 3 is 2.82 bits per heavy atom. The van der Waals surface area contributed by atoms with E-state index in [1.54, 1.807) is 31.2 Å². The van der Waals surface area contributed by atoms with E-state index in [2.05, 4.69) is 18.3 Å². The Balaban J connectivity index is 1.55. The van der Waals surface area contributed by atoms with E-state index < -0.39 is 24.6 Å². The van der Waals surface area contributed by atoms with E-state index in [4.69, 9.17) is 9.47 Å². The van der Waals surface area contributed by atoms with Gasteiger partial charge in [0, 0.05) is 4.88 Å². The van der Waals surface area contributed by atoms with Crippen molar-refractivity contribution in [2.45, 2.75) is 39.2 Å². The number of hydrogen-bond donors (Lipinski definition) is 1. The number of nitriles is 1. The number of fused-ring (bicyclic) bond motifs is 1. The zero-order valence-corrected chi connectivity index (χ0v) is 16.7. The van der Waals surface area contributed by atoms with E-state index in [-0.39, 0.29) is 0 Å². The van der Waals surface area contributed by atoms with Crippen LogP contribution < -0.4 is 10.1 Å². The van der Waals surface area contributed by atoms with Crippen molar-refractivity contribution in [2.24, 2.45) is 5.92 Å². The molecule has 0 fully saturated rings. The molecule has 2 aromatic rings. The van der Waals surface area contributed by atoms with Crippen LogP contribution in [-0.2, 0) is 27.2 Å². The van der Waals surface area contributed by atoms with Gasteiger partial charge in [0.15, 0.2) is 12.7 Å². The van der Waals surface area contributed by atoms with Crippen molar-refractivity contribution in [1.29, 1.82) is 5.26 Å². The number of esters is 1. The number of carbonyl (C=O) groups is 2. The second kappa shape index (κ2) is 8.89. The summed E-state index contributed by atoms with van der Waals surface area (Å²) in [5, 5.41) is 12.7. The fourth-order valence-corrected chi connectivity index (χ4v) is 4.50. The third-order valence-electron chi connectivity index (χ3n) is 4.61. The molecule has 7 heteroatoms. The first kappa shape index (κ1) is 19.9. The van der Waals surface area contributed by atoms with Gasteiger partial charge < -0.3 is 14.8 Å². The van der Waals surface area contributed by atoms with Crippen molar-refractivity contribution in [3.63, 3.8) is 0 Å². The minimum absolute atomic E-state index is 0.425. The van der Waals surface area contributed by atoms with Gasteiger partial charge in [-0.05, 0) is 49.8 Å². The van der Waals surface area contributed by atoms with Gasteiger partial charge >= 0.3 is 5.97 Å². The number of anilines is 1. The van der Waals surface area contributed by atoms with Crippen LogP contribution in [0.1, 0.15) is 36.3 Å². The summed E-state index contributed by atoms with van der Waals surface area (Å²) in [7, 11) is 0. The molecule has 6 nitrogen and oxygen atoms in total. The molecule has 1 N–H and O–H groups in total. The van der Waals surface area contributed by atoms with Gasteiger partial charge in [0.2, 0.25) is 0 Å². The number of amides is 1. The van der Waals surface area contributed by atoms with Crippen LogP contribution in [0.5, 0.6) is 5.75 Å². The van der Waals surface area contributed by atoms with E-state index in [0.29, 0.717) is 22.2 Å². The Morgan fingerprint density at radius 1 is 1.36 bits per heavy atom. The van der Waals surface area contributed by atoms with Crippen molar-refractivity contribution in [3.05, 3.63) is 46.3 Å². The predicted octanol–water partition coefficient (Wildman–Crippen LogP) is 3.69. The van der Waals surface area contributed by atoms with Crippen LogP contribution in [0.2, 0.25) is 0 Å². The molecule has 28 heavy (non-hydrogen) atoms. The average molecular weight is 398 g/mol. The molecule has 0 radical (unpaired) electrons. The summed E-state index contributed by atoms with van der Waals surface area (Å²) in [4.78, 5) is 25.4. The molecule has 0 aliphatic heterocycles. The molecular weight excluding hydrogens is 376 g/mol. The highest BCUT2D eigenvalue weighted by atomic mass is 32.1. The largest absolute Gasteiger partial charge is 0.479 e. The molecular formula is C21H22N2O4S. The molecule has 0 saturated carbocycles. The lowest BCUT2D eigenvalue weighted by Crippen LogP contribution is -2.29. The van der Waals surface area contributed by atoms with Gasteiger partial charge in [0.1, 0.15) is 16.8 Å². The molecule has 1 aromatic carbocycles. The molecule has 146 valence electrons. The van der Waals surface area contributed by atoms with Crippen molar-refractivity contribution in [1.82, 2.24) is 0 Å². The van der Waals surface area contributed by atoms with Crippen molar-refractivity contribution >= 4 is 28.2 Å². The number of para-hydroxylation sites is 1. The first-order chi connectivity index (χ1) is 13.5. The molecule has 2 atom stereocenters. The summed E-state index contributed by atoms with van der Waals surface area (Å²) in [6.07, 6.45) is 1.99. The highest BCUT2D eigenvalue weighted by molar-refractivity contribution is 7.16. The summed E-state index contributed by atoms with van der Waals surface area (Å²) in [6, 6.07) is 11.1.